The van der Waals surface area contributed by atoms with E-state index in [1.54, 1.807) is 0 Å². The Labute approximate surface area is 121 Å². The van der Waals surface area contributed by atoms with Crippen LogP contribution in [0.2, 0.25) is 0 Å². The average molecular weight is 264 g/mol. The molecule has 0 saturated heterocycles. The smallest absolute Gasteiger partial charge is 0.155 e. The summed E-state index contributed by atoms with van der Waals surface area (Å²) in [6, 6.07) is 18.0. The lowest BCUT2D eigenvalue weighted by molar-refractivity contribution is -0.00884. The minimum Gasteiger partial charge on any atom is -0.373 e. The van der Waals surface area contributed by atoms with Crippen LogP contribution in [0.3, 0.4) is 0 Å². The predicted octanol–water partition coefficient (Wildman–Crippen LogP) is 4.22. The quantitative estimate of drug-likeness (QED) is 0.805. The van der Waals surface area contributed by atoms with E-state index in [1.165, 1.54) is 0 Å². The van der Waals surface area contributed by atoms with Crippen molar-refractivity contribution in [2.45, 2.75) is 26.4 Å². The van der Waals surface area contributed by atoms with E-state index >= 15 is 0 Å². The lowest BCUT2D eigenvalue weighted by atomic mass is 9.72. The van der Waals surface area contributed by atoms with Crippen LogP contribution in [0.1, 0.15) is 26.3 Å². The molecular weight excluding hydrogens is 244 g/mol. The van der Waals surface area contributed by atoms with E-state index in [9.17, 15) is 5.11 Å². The molecule has 2 aromatic carbocycles. The fourth-order valence-corrected chi connectivity index (χ4v) is 2.27. The average Bonchev–Trinajstić information content (AvgIpc) is 2.46. The Balaban J connectivity index is 2.41. The van der Waals surface area contributed by atoms with Gasteiger partial charge < -0.3 is 5.11 Å². The van der Waals surface area contributed by atoms with E-state index in [2.05, 4.69) is 18.1 Å². The monoisotopic (exact) mass is 264 g/mol. The van der Waals surface area contributed by atoms with Gasteiger partial charge in [0.1, 0.15) is 0 Å². The summed E-state index contributed by atoms with van der Waals surface area (Å²) in [5.41, 5.74) is 1.34. The van der Waals surface area contributed by atoms with Crippen LogP contribution >= 0.6 is 0 Å². The topological polar surface area (TPSA) is 20.2 Å². The van der Waals surface area contributed by atoms with Gasteiger partial charge in [0.2, 0.25) is 0 Å². The van der Waals surface area contributed by atoms with Crippen molar-refractivity contribution in [2.75, 3.05) is 0 Å². The molecule has 1 atom stereocenters. The van der Waals surface area contributed by atoms with Gasteiger partial charge in [0.15, 0.2) is 5.60 Å². The lowest BCUT2D eigenvalue weighted by Crippen LogP contribution is -2.38. The normalized spacial score (nSPS) is 14.3. The third-order valence-corrected chi connectivity index (χ3v) is 3.70. The van der Waals surface area contributed by atoms with Crippen molar-refractivity contribution >= 4 is 0 Å². The van der Waals surface area contributed by atoms with Gasteiger partial charge in [-0.15, -0.1) is 6.42 Å². The predicted molar refractivity (Wildman–Crippen MR) is 84.1 cm³/mol. The zero-order valence-corrected chi connectivity index (χ0v) is 12.2. The summed E-state index contributed by atoms with van der Waals surface area (Å²) in [4.78, 5) is 0. The van der Waals surface area contributed by atoms with Crippen LogP contribution in [-0.2, 0) is 5.60 Å². The van der Waals surface area contributed by atoms with Crippen LogP contribution in [0.15, 0.2) is 54.6 Å². The molecule has 0 bridgehead atoms. The molecule has 0 saturated carbocycles. The fourth-order valence-electron chi connectivity index (χ4n) is 2.27. The number of benzene rings is 2. The molecular formula is C19H20O. The highest BCUT2D eigenvalue weighted by molar-refractivity contribution is 5.63. The summed E-state index contributed by atoms with van der Waals surface area (Å²) in [5.74, 6) is 2.55. The first-order valence-corrected chi connectivity index (χ1v) is 6.74. The maximum absolute atomic E-state index is 10.8. The molecule has 1 heteroatoms. The second-order valence-corrected chi connectivity index (χ2v) is 6.05. The number of rotatable bonds is 2. The van der Waals surface area contributed by atoms with Gasteiger partial charge in [0.05, 0.1) is 0 Å². The Bertz CT molecular complexity index is 612. The molecule has 0 aromatic heterocycles. The molecule has 20 heavy (non-hydrogen) atoms. The molecule has 0 spiro atoms. The minimum atomic E-state index is -1.26. The SMILES string of the molecule is C#CC(O)(c1ccc(-c2ccccc2)cc1)C(C)(C)C. The zero-order chi connectivity index (χ0) is 14.8. The maximum atomic E-state index is 10.8. The van der Waals surface area contributed by atoms with Crippen LogP contribution in [0.25, 0.3) is 11.1 Å². The molecule has 1 unspecified atom stereocenters. The van der Waals surface area contributed by atoms with Crippen LogP contribution in [0.4, 0.5) is 0 Å². The summed E-state index contributed by atoms with van der Waals surface area (Å²) in [5, 5.41) is 10.8. The van der Waals surface area contributed by atoms with E-state index in [4.69, 9.17) is 6.42 Å². The molecule has 1 N–H and O–H groups in total. The first-order valence-electron chi connectivity index (χ1n) is 6.74. The zero-order valence-electron chi connectivity index (χ0n) is 12.2. The van der Waals surface area contributed by atoms with Crippen molar-refractivity contribution < 1.29 is 5.11 Å². The van der Waals surface area contributed by atoms with E-state index in [-0.39, 0.29) is 0 Å². The molecule has 2 aromatic rings. The standard InChI is InChI=1S/C19H20O/c1-5-19(20,18(2,3)4)17-13-11-16(12-14-17)15-9-7-6-8-10-15/h1,6-14,20H,2-4H3. The van der Waals surface area contributed by atoms with Gasteiger partial charge in [-0.3, -0.25) is 0 Å². The Morgan fingerprint density at radius 2 is 1.35 bits per heavy atom. The molecule has 0 radical (unpaired) electrons. The minimum absolute atomic E-state index is 0.421. The van der Waals surface area contributed by atoms with Gasteiger partial charge in [-0.25, -0.2) is 0 Å². The van der Waals surface area contributed by atoms with Crippen LogP contribution in [0, 0.1) is 17.8 Å². The third kappa shape index (κ3) is 2.48. The number of hydrogen-bond acceptors (Lipinski definition) is 1. The molecule has 1 nitrogen and oxygen atoms in total. The van der Waals surface area contributed by atoms with Gasteiger partial charge in [-0.1, -0.05) is 81.3 Å². The van der Waals surface area contributed by atoms with Crippen molar-refractivity contribution in [3.63, 3.8) is 0 Å². The fraction of sp³-hybridized carbons (Fsp3) is 0.263. The molecule has 0 aliphatic rings. The maximum Gasteiger partial charge on any atom is 0.155 e. The van der Waals surface area contributed by atoms with Gasteiger partial charge >= 0.3 is 0 Å². The van der Waals surface area contributed by atoms with Crippen molar-refractivity contribution in [2.24, 2.45) is 5.41 Å². The highest BCUT2D eigenvalue weighted by Gasteiger charge is 2.39. The third-order valence-electron chi connectivity index (χ3n) is 3.70. The van der Waals surface area contributed by atoms with Crippen LogP contribution in [0.5, 0.6) is 0 Å². The molecule has 102 valence electrons. The van der Waals surface area contributed by atoms with Gasteiger partial charge in [-0.2, -0.15) is 0 Å². The second-order valence-electron chi connectivity index (χ2n) is 6.05. The highest BCUT2D eigenvalue weighted by atomic mass is 16.3. The number of terminal acetylenes is 1. The van der Waals surface area contributed by atoms with E-state index in [1.807, 2.05) is 63.2 Å². The van der Waals surface area contributed by atoms with Crippen LogP contribution < -0.4 is 0 Å². The summed E-state index contributed by atoms with van der Waals surface area (Å²) < 4.78 is 0. The summed E-state index contributed by atoms with van der Waals surface area (Å²) in [6.07, 6.45) is 5.57. The Hall–Kier alpha value is -2.04. The van der Waals surface area contributed by atoms with E-state index in [0.717, 1.165) is 16.7 Å². The Kier molecular flexibility index (Phi) is 3.70. The molecule has 0 fully saturated rings. The summed E-state index contributed by atoms with van der Waals surface area (Å²) in [6.45, 7) is 5.83. The van der Waals surface area contributed by atoms with Gasteiger partial charge in [0, 0.05) is 5.41 Å². The molecule has 0 amide bonds. The van der Waals surface area contributed by atoms with Crippen molar-refractivity contribution in [1.29, 1.82) is 0 Å². The highest BCUT2D eigenvalue weighted by Crippen LogP contribution is 2.39. The second kappa shape index (κ2) is 5.15. The first-order chi connectivity index (χ1) is 9.38. The van der Waals surface area contributed by atoms with E-state index in [0.29, 0.717) is 0 Å². The van der Waals surface area contributed by atoms with Crippen molar-refractivity contribution in [1.82, 2.24) is 0 Å². The molecule has 2 rings (SSSR count). The largest absolute Gasteiger partial charge is 0.373 e. The molecule has 0 aliphatic carbocycles. The Morgan fingerprint density at radius 3 is 1.80 bits per heavy atom. The molecule has 0 heterocycles. The first kappa shape index (κ1) is 14.4. The Morgan fingerprint density at radius 1 is 0.850 bits per heavy atom. The summed E-state index contributed by atoms with van der Waals surface area (Å²) >= 11 is 0. The van der Waals surface area contributed by atoms with Crippen molar-refractivity contribution in [3.05, 3.63) is 60.2 Å². The van der Waals surface area contributed by atoms with Gasteiger partial charge in [-0.05, 0) is 16.7 Å². The molecule has 0 aliphatic heterocycles. The lowest BCUT2D eigenvalue weighted by Gasteiger charge is -2.36. The summed E-state index contributed by atoms with van der Waals surface area (Å²) in [7, 11) is 0. The van der Waals surface area contributed by atoms with Crippen molar-refractivity contribution in [3.8, 4) is 23.5 Å². The number of hydrogen-bond donors (Lipinski definition) is 1. The van der Waals surface area contributed by atoms with Gasteiger partial charge in [0.25, 0.3) is 0 Å². The number of aliphatic hydroxyl groups is 1. The van der Waals surface area contributed by atoms with E-state index < -0.39 is 11.0 Å². The van der Waals surface area contributed by atoms with Crippen LogP contribution in [-0.4, -0.2) is 5.11 Å².